The number of hydrogen-bond acceptors (Lipinski definition) is 12. The number of hydrogen-bond donors (Lipinski definition) is 3. The summed E-state index contributed by atoms with van der Waals surface area (Å²) in [5.41, 5.74) is -1.42. The lowest BCUT2D eigenvalue weighted by Crippen LogP contribution is -2.81. The second-order valence-corrected chi connectivity index (χ2v) is 18.5. The van der Waals surface area contributed by atoms with Crippen molar-refractivity contribution in [3.8, 4) is 5.75 Å². The van der Waals surface area contributed by atoms with Crippen LogP contribution in [0, 0.1) is 11.3 Å². The lowest BCUT2D eigenvalue weighted by molar-refractivity contribution is -0.228. The van der Waals surface area contributed by atoms with E-state index in [9.17, 15) is 19.8 Å². The average molecular weight is 825 g/mol. The van der Waals surface area contributed by atoms with Gasteiger partial charge < -0.3 is 39.0 Å². The molecule has 1 saturated carbocycles. The Kier molecular flexibility index (Phi) is 9.77. The number of carbonyl (C=O) groups is 3. The molecule has 60 heavy (non-hydrogen) atoms. The fourth-order valence-electron chi connectivity index (χ4n) is 13.6. The van der Waals surface area contributed by atoms with E-state index in [0.29, 0.717) is 82.4 Å². The van der Waals surface area contributed by atoms with Gasteiger partial charge in [-0.2, -0.15) is 0 Å². The van der Waals surface area contributed by atoms with Crippen molar-refractivity contribution >= 4 is 34.5 Å². The number of nitrogens with zero attached hydrogens (tertiary/aromatic N) is 3. The molecule has 0 radical (unpaired) electrons. The number of fused-ring (bicyclic) bond motifs is 6. The van der Waals surface area contributed by atoms with E-state index in [2.05, 4.69) is 39.1 Å². The zero-order valence-corrected chi connectivity index (χ0v) is 36.0. The maximum atomic E-state index is 15.3. The van der Waals surface area contributed by atoms with Gasteiger partial charge in [-0.05, 0) is 80.7 Å². The van der Waals surface area contributed by atoms with Crippen molar-refractivity contribution in [1.82, 2.24) is 14.8 Å². The molecule has 3 N–H and O–H groups in total. The molecule has 1 aliphatic carbocycles. The number of ether oxygens (including phenoxy) is 4. The van der Waals surface area contributed by atoms with Gasteiger partial charge in [0.25, 0.3) is 0 Å². The van der Waals surface area contributed by atoms with Crippen molar-refractivity contribution in [2.75, 3.05) is 66.0 Å². The summed E-state index contributed by atoms with van der Waals surface area (Å²) in [6, 6.07) is 11.0. The number of piperidine rings is 1. The van der Waals surface area contributed by atoms with Gasteiger partial charge in [0.1, 0.15) is 11.2 Å². The number of methoxy groups -OCH3 is 3. The second-order valence-electron chi connectivity index (χ2n) is 18.5. The van der Waals surface area contributed by atoms with Gasteiger partial charge in [0.15, 0.2) is 6.10 Å². The molecule has 13 heteroatoms. The number of esters is 3. The molecule has 1 aromatic heterocycles. The highest BCUT2D eigenvalue weighted by Gasteiger charge is 2.80. The van der Waals surface area contributed by atoms with E-state index in [0.717, 1.165) is 40.0 Å². The number of H-pyrrole nitrogens is 1. The van der Waals surface area contributed by atoms with Crippen molar-refractivity contribution < 1.29 is 43.5 Å². The van der Waals surface area contributed by atoms with E-state index in [-0.39, 0.29) is 12.0 Å². The van der Waals surface area contributed by atoms with Crippen molar-refractivity contribution in [2.24, 2.45) is 11.3 Å². The summed E-state index contributed by atoms with van der Waals surface area (Å²) in [4.78, 5) is 53.2. The molecular weight excluding hydrogens is 765 g/mol. The molecule has 9 rings (SSSR count). The number of aromatic nitrogens is 1. The zero-order valence-electron chi connectivity index (χ0n) is 36.0. The molecule has 2 aromatic carbocycles. The van der Waals surface area contributed by atoms with Crippen molar-refractivity contribution in [2.45, 2.75) is 106 Å². The monoisotopic (exact) mass is 824 g/mol. The summed E-state index contributed by atoms with van der Waals surface area (Å²) in [5, 5.41) is 26.2. The summed E-state index contributed by atoms with van der Waals surface area (Å²) >= 11 is 0. The molecule has 322 valence electrons. The molecular formula is C47H60N4O9. The van der Waals surface area contributed by atoms with Gasteiger partial charge in [-0.15, -0.1) is 0 Å². The first-order chi connectivity index (χ1) is 28.7. The number of para-hydroxylation sites is 1. The fraction of sp³-hybridized carbons (Fsp3) is 0.596. The number of likely N-dealkylation sites (N-methyl/N-ethyl adjacent to an activating group) is 1. The Labute approximate surface area is 352 Å². The average Bonchev–Trinajstić information content (AvgIpc) is 3.90. The first kappa shape index (κ1) is 40.9. The number of nitrogens with one attached hydrogen (secondary N) is 1. The minimum atomic E-state index is -2.30. The van der Waals surface area contributed by atoms with Crippen molar-refractivity contribution in [3.05, 3.63) is 70.9 Å². The lowest BCUT2D eigenvalue weighted by atomic mass is 9.47. The van der Waals surface area contributed by atoms with E-state index >= 15 is 4.79 Å². The molecule has 0 amide bonds. The van der Waals surface area contributed by atoms with Crippen LogP contribution in [0.25, 0.3) is 10.9 Å². The molecule has 5 aliphatic heterocycles. The Balaban J connectivity index is 1.34. The van der Waals surface area contributed by atoms with E-state index in [1.54, 1.807) is 7.11 Å². The van der Waals surface area contributed by atoms with Gasteiger partial charge in [-0.3, -0.25) is 19.4 Å². The van der Waals surface area contributed by atoms with Gasteiger partial charge in [-0.1, -0.05) is 44.2 Å². The molecule has 3 aromatic rings. The third-order valence-electron chi connectivity index (χ3n) is 15.9. The van der Waals surface area contributed by atoms with Gasteiger partial charge >= 0.3 is 17.9 Å². The third kappa shape index (κ3) is 5.34. The van der Waals surface area contributed by atoms with Crippen LogP contribution in [0.1, 0.15) is 81.7 Å². The Morgan fingerprint density at radius 3 is 2.42 bits per heavy atom. The van der Waals surface area contributed by atoms with E-state index in [1.165, 1.54) is 21.1 Å². The smallest absolute Gasteiger partial charge is 0.344 e. The van der Waals surface area contributed by atoms with E-state index in [4.69, 9.17) is 18.9 Å². The van der Waals surface area contributed by atoms with Crippen LogP contribution in [0.4, 0.5) is 5.69 Å². The molecule has 13 nitrogen and oxygen atoms in total. The first-order valence-corrected chi connectivity index (χ1v) is 21.7. The Hall–Kier alpha value is -4.43. The minimum absolute atomic E-state index is 0.113. The standard InChI is InChI=1S/C47H60N4O9/c1-8-43(55)25-29-15-18-45(41(53)58-6,37-31(16-21-50(26-29)27-43)30-13-10-11-14-34(30)48-37)33-23-32-35(24-36(33)57-5)49(4)39-46(32)19-22-51-20-12-17-44(9-2,38(46)51)40(60-28(3)52)47(39,56)42(54)59-7/h10-14,17,23-24,29,38-40,48,55-56H,8-9,15-16,18-22,25-27H2,1-7H3/t29-,38-,39+,40+,43-,44+,45?,46?,47-/m0/s1. The largest absolute Gasteiger partial charge is 0.496 e. The van der Waals surface area contributed by atoms with Crippen LogP contribution >= 0.6 is 0 Å². The van der Waals surface area contributed by atoms with Gasteiger partial charge in [-0.25, -0.2) is 4.79 Å². The Morgan fingerprint density at radius 2 is 1.72 bits per heavy atom. The fourth-order valence-corrected chi connectivity index (χ4v) is 13.6. The summed E-state index contributed by atoms with van der Waals surface area (Å²) in [5.74, 6) is -1.31. The van der Waals surface area contributed by atoms with Crippen LogP contribution < -0.4 is 9.64 Å². The highest BCUT2D eigenvalue weighted by molar-refractivity contribution is 5.95. The number of benzene rings is 2. The molecule has 3 unspecified atom stereocenters. The van der Waals surface area contributed by atoms with Crippen LogP contribution in [0.5, 0.6) is 5.75 Å². The van der Waals surface area contributed by atoms with Crippen LogP contribution in [-0.4, -0.2) is 133 Å². The van der Waals surface area contributed by atoms with E-state index in [1.807, 2.05) is 50.1 Å². The number of anilines is 1. The molecule has 10 atom stereocenters. The van der Waals surface area contributed by atoms with Crippen LogP contribution in [-0.2, 0) is 45.8 Å². The van der Waals surface area contributed by atoms with Crippen LogP contribution in [0.2, 0.25) is 0 Å². The normalized spacial score (nSPS) is 36.8. The number of aliphatic hydroxyl groups is 2. The molecule has 6 heterocycles. The zero-order chi connectivity index (χ0) is 42.6. The maximum absolute atomic E-state index is 15.3. The van der Waals surface area contributed by atoms with Crippen LogP contribution in [0.3, 0.4) is 0 Å². The molecule has 2 bridgehead atoms. The van der Waals surface area contributed by atoms with Gasteiger partial charge in [0.05, 0.1) is 33.0 Å². The molecule has 3 fully saturated rings. The van der Waals surface area contributed by atoms with Gasteiger partial charge in [0, 0.05) is 90.9 Å². The molecule has 1 spiro atoms. The quantitative estimate of drug-likeness (QED) is 0.176. The summed E-state index contributed by atoms with van der Waals surface area (Å²) in [6.07, 6.45) is 6.81. The minimum Gasteiger partial charge on any atom is -0.496 e. The van der Waals surface area contributed by atoms with E-state index < -0.39 is 57.5 Å². The highest BCUT2D eigenvalue weighted by atomic mass is 16.6. The summed E-state index contributed by atoms with van der Waals surface area (Å²) in [6.45, 7) is 8.82. The molecule has 6 aliphatic rings. The lowest BCUT2D eigenvalue weighted by Gasteiger charge is -2.63. The second kappa shape index (κ2) is 14.3. The summed E-state index contributed by atoms with van der Waals surface area (Å²) < 4.78 is 23.9. The number of carbonyl (C=O) groups excluding carboxylic acids is 3. The van der Waals surface area contributed by atoms with Crippen molar-refractivity contribution in [1.29, 1.82) is 0 Å². The Bertz CT molecular complexity index is 2270. The van der Waals surface area contributed by atoms with Gasteiger partial charge in [0.2, 0.25) is 5.60 Å². The maximum Gasteiger partial charge on any atom is 0.344 e. The summed E-state index contributed by atoms with van der Waals surface area (Å²) in [7, 11) is 6.18. The number of rotatable bonds is 7. The SMILES string of the molecule is CC[C@]1(O)C[C@@H]2CCC(C(=O)OC)(c3cc4c(cc3OC)N(C)[C@@H]3C45CCN4CC=C[C@](CC)([C@H]45)[C@@H](OC(C)=O)[C@]3(O)C(=O)OC)c3[nH]c4ccccc4c3CCN(C2)C1. The predicted octanol–water partition coefficient (Wildman–Crippen LogP) is 4.38. The molecule has 2 saturated heterocycles. The number of aromatic amines is 1. The third-order valence-corrected chi connectivity index (χ3v) is 15.9. The highest BCUT2D eigenvalue weighted by Crippen LogP contribution is 2.68. The topological polar surface area (TPSA) is 154 Å². The van der Waals surface area contributed by atoms with Crippen LogP contribution in [0.15, 0.2) is 48.6 Å². The predicted molar refractivity (Wildman–Crippen MR) is 225 cm³/mol. The first-order valence-electron chi connectivity index (χ1n) is 21.7. The Morgan fingerprint density at radius 1 is 0.950 bits per heavy atom. The van der Waals surface area contributed by atoms with Crippen molar-refractivity contribution in [3.63, 3.8) is 0 Å².